The van der Waals surface area contributed by atoms with E-state index in [9.17, 15) is 9.18 Å². The van der Waals surface area contributed by atoms with E-state index >= 15 is 0 Å². The molecule has 0 radical (unpaired) electrons. The minimum atomic E-state index is -1.34. The van der Waals surface area contributed by atoms with Gasteiger partial charge in [0.1, 0.15) is 12.0 Å². The Morgan fingerprint density at radius 2 is 2.12 bits per heavy atom. The molecular formula is C18H19FN6O. The van der Waals surface area contributed by atoms with E-state index in [4.69, 9.17) is 5.73 Å². The highest BCUT2D eigenvalue weighted by Gasteiger charge is 2.39. The van der Waals surface area contributed by atoms with Crippen molar-refractivity contribution in [2.45, 2.75) is 37.9 Å². The Balaban J connectivity index is 1.84. The largest absolute Gasteiger partial charge is 0.377 e. The second kappa shape index (κ2) is 6.05. The number of nitrogens with two attached hydrogens (primary N) is 1. The summed E-state index contributed by atoms with van der Waals surface area (Å²) in [5.74, 6) is -0.605. The van der Waals surface area contributed by atoms with Gasteiger partial charge < -0.3 is 11.1 Å². The van der Waals surface area contributed by atoms with Crippen LogP contribution in [0, 0.1) is 0 Å². The number of amides is 1. The van der Waals surface area contributed by atoms with Gasteiger partial charge in [0.05, 0.1) is 29.0 Å². The van der Waals surface area contributed by atoms with Crippen molar-refractivity contribution in [2.24, 2.45) is 5.73 Å². The number of carbonyl (C=O) groups excluding carboxylic acids is 1. The Morgan fingerprint density at radius 3 is 2.77 bits per heavy atom. The van der Waals surface area contributed by atoms with Gasteiger partial charge in [0, 0.05) is 29.7 Å². The molecule has 3 aromatic rings. The molecule has 4 rings (SSSR count). The predicted octanol–water partition coefficient (Wildman–Crippen LogP) is 2.58. The van der Waals surface area contributed by atoms with Crippen molar-refractivity contribution in [1.82, 2.24) is 19.6 Å². The lowest BCUT2D eigenvalue weighted by atomic mass is 10.0. The first-order valence-electron chi connectivity index (χ1n) is 8.48. The molecule has 0 unspecified atom stereocenters. The summed E-state index contributed by atoms with van der Waals surface area (Å²) in [6.45, 7) is 1.59. The van der Waals surface area contributed by atoms with E-state index in [1.165, 1.54) is 12.5 Å². The highest BCUT2D eigenvalue weighted by atomic mass is 19.1. The minimum Gasteiger partial charge on any atom is -0.377 e. The van der Waals surface area contributed by atoms with Crippen LogP contribution in [-0.2, 0) is 0 Å². The fourth-order valence-electron chi connectivity index (χ4n) is 3.53. The number of nitrogens with zero attached hydrogens (tertiary/aromatic N) is 4. The van der Waals surface area contributed by atoms with Crippen LogP contribution in [0.3, 0.4) is 0 Å². The number of fused-ring (bicyclic) bond motifs is 1. The van der Waals surface area contributed by atoms with Crippen LogP contribution in [0.2, 0.25) is 0 Å². The maximum atomic E-state index is 14.7. The molecule has 0 saturated heterocycles. The Hall–Kier alpha value is -3.03. The van der Waals surface area contributed by atoms with Crippen LogP contribution in [0.1, 0.15) is 36.5 Å². The van der Waals surface area contributed by atoms with Crippen LogP contribution in [0.5, 0.6) is 0 Å². The average Bonchev–Trinajstić information content (AvgIpc) is 3.19. The van der Waals surface area contributed by atoms with Crippen LogP contribution in [0.25, 0.3) is 16.6 Å². The average molecular weight is 354 g/mol. The van der Waals surface area contributed by atoms with Crippen LogP contribution < -0.4 is 11.1 Å². The van der Waals surface area contributed by atoms with Crippen molar-refractivity contribution < 1.29 is 9.18 Å². The number of rotatable bonds is 4. The van der Waals surface area contributed by atoms with Crippen molar-refractivity contribution in [2.75, 3.05) is 5.32 Å². The molecule has 26 heavy (non-hydrogen) atoms. The molecule has 0 aromatic carbocycles. The fourth-order valence-corrected chi connectivity index (χ4v) is 3.53. The Kier molecular flexibility index (Phi) is 3.82. The number of primary amides is 1. The lowest BCUT2D eigenvalue weighted by Crippen LogP contribution is -2.36. The van der Waals surface area contributed by atoms with Crippen LogP contribution in [0.4, 0.5) is 10.1 Å². The van der Waals surface area contributed by atoms with E-state index in [0.717, 1.165) is 17.5 Å². The van der Waals surface area contributed by atoms with E-state index in [0.29, 0.717) is 24.0 Å². The second-order valence-corrected chi connectivity index (χ2v) is 6.85. The van der Waals surface area contributed by atoms with Crippen LogP contribution in [-0.4, -0.2) is 37.2 Å². The third-order valence-electron chi connectivity index (χ3n) is 5.00. The molecule has 1 amide bonds. The zero-order valence-electron chi connectivity index (χ0n) is 14.3. The second-order valence-electron chi connectivity index (χ2n) is 6.85. The summed E-state index contributed by atoms with van der Waals surface area (Å²) in [4.78, 5) is 19.9. The third kappa shape index (κ3) is 2.77. The molecule has 0 bridgehead atoms. The standard InChI is InChI=1S/C18H19FN6O/c1-18(19)4-2-3-15(18)24-16-13(17(20)26)8-23-25-9-11(5-14(16)25)12-6-21-10-22-7-12/h5-10,15,24H,2-4H2,1H3,(H2,20,26)/t15-,18+/m1/s1. The van der Waals surface area contributed by atoms with E-state index in [-0.39, 0.29) is 11.6 Å². The lowest BCUT2D eigenvalue weighted by Gasteiger charge is -2.26. The number of carbonyl (C=O) groups is 1. The molecule has 3 N–H and O–H groups in total. The molecule has 1 fully saturated rings. The van der Waals surface area contributed by atoms with E-state index in [1.807, 2.05) is 12.3 Å². The van der Waals surface area contributed by atoms with Crippen molar-refractivity contribution in [1.29, 1.82) is 0 Å². The zero-order valence-corrected chi connectivity index (χ0v) is 14.3. The van der Waals surface area contributed by atoms with Gasteiger partial charge in [0.25, 0.3) is 5.91 Å². The highest BCUT2D eigenvalue weighted by molar-refractivity contribution is 6.02. The normalized spacial score (nSPS) is 22.6. The molecule has 1 aliphatic carbocycles. The Labute approximate surface area is 149 Å². The summed E-state index contributed by atoms with van der Waals surface area (Å²) in [6, 6.07) is 1.48. The molecule has 2 atom stereocenters. The first-order valence-corrected chi connectivity index (χ1v) is 8.48. The minimum absolute atomic E-state index is 0.245. The molecule has 1 aliphatic rings. The van der Waals surface area contributed by atoms with Gasteiger partial charge in [-0.05, 0) is 32.3 Å². The molecule has 0 aliphatic heterocycles. The van der Waals surface area contributed by atoms with Crippen molar-refractivity contribution >= 4 is 17.1 Å². The quantitative estimate of drug-likeness (QED) is 0.750. The molecule has 134 valence electrons. The SMILES string of the molecule is C[C@]1(F)CCC[C@H]1Nc1c(C(N)=O)cnn2cc(-c3cncnc3)cc12. The summed E-state index contributed by atoms with van der Waals surface area (Å²) in [7, 11) is 0. The molecule has 7 nitrogen and oxygen atoms in total. The summed E-state index contributed by atoms with van der Waals surface area (Å²) in [6.07, 6.45) is 10.1. The van der Waals surface area contributed by atoms with Crippen molar-refractivity contribution in [3.63, 3.8) is 0 Å². The molecule has 3 aromatic heterocycles. The number of alkyl halides is 1. The van der Waals surface area contributed by atoms with Gasteiger partial charge in [-0.3, -0.25) is 4.79 Å². The van der Waals surface area contributed by atoms with E-state index in [2.05, 4.69) is 20.4 Å². The Morgan fingerprint density at radius 1 is 1.35 bits per heavy atom. The molecular weight excluding hydrogens is 335 g/mol. The number of anilines is 1. The first-order chi connectivity index (χ1) is 12.5. The predicted molar refractivity (Wildman–Crippen MR) is 95.5 cm³/mol. The van der Waals surface area contributed by atoms with Gasteiger partial charge in [-0.1, -0.05) is 0 Å². The zero-order chi connectivity index (χ0) is 18.3. The lowest BCUT2D eigenvalue weighted by molar-refractivity contribution is 0.1000. The highest BCUT2D eigenvalue weighted by Crippen LogP contribution is 2.37. The topological polar surface area (TPSA) is 98.2 Å². The number of hydrogen-bond donors (Lipinski definition) is 2. The summed E-state index contributed by atoms with van der Waals surface area (Å²) in [5.41, 5.74) is 7.26. The Bertz CT molecular complexity index is 968. The van der Waals surface area contributed by atoms with E-state index < -0.39 is 11.6 Å². The van der Waals surface area contributed by atoms with Crippen LogP contribution in [0.15, 0.2) is 37.2 Å². The molecule has 0 spiro atoms. The molecule has 8 heteroatoms. The molecule has 1 saturated carbocycles. The monoisotopic (exact) mass is 354 g/mol. The number of aromatic nitrogens is 4. The van der Waals surface area contributed by atoms with Gasteiger partial charge in [-0.15, -0.1) is 0 Å². The maximum absolute atomic E-state index is 14.7. The van der Waals surface area contributed by atoms with Gasteiger partial charge in [0.15, 0.2) is 0 Å². The summed E-state index contributed by atoms with van der Waals surface area (Å²) >= 11 is 0. The van der Waals surface area contributed by atoms with Gasteiger partial charge in [-0.2, -0.15) is 5.10 Å². The van der Waals surface area contributed by atoms with E-state index in [1.54, 1.807) is 23.8 Å². The smallest absolute Gasteiger partial charge is 0.252 e. The summed E-state index contributed by atoms with van der Waals surface area (Å²) in [5, 5.41) is 7.48. The van der Waals surface area contributed by atoms with Crippen molar-refractivity contribution in [3.05, 3.63) is 42.7 Å². The van der Waals surface area contributed by atoms with Gasteiger partial charge in [0.2, 0.25) is 0 Å². The maximum Gasteiger partial charge on any atom is 0.252 e. The fraction of sp³-hybridized carbons (Fsp3) is 0.333. The number of halogens is 1. The van der Waals surface area contributed by atoms with Crippen LogP contribution >= 0.6 is 0 Å². The van der Waals surface area contributed by atoms with Gasteiger partial charge >= 0.3 is 0 Å². The number of nitrogens with one attached hydrogen (secondary N) is 1. The first kappa shape index (κ1) is 16.4. The summed E-state index contributed by atoms with van der Waals surface area (Å²) < 4.78 is 16.4. The third-order valence-corrected chi connectivity index (χ3v) is 5.00. The molecule has 3 heterocycles. The van der Waals surface area contributed by atoms with Gasteiger partial charge in [-0.25, -0.2) is 18.9 Å². The number of hydrogen-bond acceptors (Lipinski definition) is 5. The van der Waals surface area contributed by atoms with Crippen molar-refractivity contribution in [3.8, 4) is 11.1 Å².